The van der Waals surface area contributed by atoms with Crippen molar-refractivity contribution in [2.45, 2.75) is 11.7 Å². The third kappa shape index (κ3) is 2.99. The Kier molecular flexibility index (Phi) is 4.41. The molecular weight excluding hydrogens is 421 g/mol. The first-order valence-corrected chi connectivity index (χ1v) is 8.54. The van der Waals surface area contributed by atoms with Gasteiger partial charge >= 0.3 is 10.2 Å². The molecule has 5 nitrogen and oxygen atoms in total. The molecule has 1 saturated heterocycles. The molecule has 1 unspecified atom stereocenters. The van der Waals surface area contributed by atoms with Gasteiger partial charge in [-0.25, -0.2) is 0 Å². The molecule has 0 aliphatic carbocycles. The van der Waals surface area contributed by atoms with Gasteiger partial charge in [-0.3, -0.25) is 4.79 Å². The molecule has 1 aromatic carbocycles. The van der Waals surface area contributed by atoms with E-state index >= 15 is 0 Å². The molecule has 0 spiro atoms. The zero-order valence-corrected chi connectivity index (χ0v) is 14.3. The highest BCUT2D eigenvalue weighted by Crippen LogP contribution is 2.41. The van der Waals surface area contributed by atoms with Gasteiger partial charge in [-0.15, -0.1) is 3.89 Å². The van der Waals surface area contributed by atoms with Crippen LogP contribution in [0.5, 0.6) is 5.75 Å². The van der Waals surface area contributed by atoms with E-state index in [1.165, 1.54) is 12.0 Å². The van der Waals surface area contributed by atoms with Crippen molar-refractivity contribution in [3.05, 3.63) is 21.1 Å². The number of hydrogen-bond donors (Lipinski definition) is 0. The summed E-state index contributed by atoms with van der Waals surface area (Å²) in [5, 5.41) is -1.34. The molecule has 1 amide bonds. The standard InChI is InChI=1S/C11H10Br2FNO4S/c1-19-9-3-6(12)2-8(13)11(9)15-5-7(4-10(15)16)20(14,17)18/h2-3,7H,4-5H2,1H3. The molecule has 1 heterocycles. The fraction of sp³-hybridized carbons (Fsp3) is 0.364. The van der Waals surface area contributed by atoms with Crippen molar-refractivity contribution >= 4 is 53.7 Å². The molecule has 0 N–H and O–H groups in total. The number of anilines is 1. The van der Waals surface area contributed by atoms with E-state index in [9.17, 15) is 17.1 Å². The van der Waals surface area contributed by atoms with Crippen molar-refractivity contribution in [2.24, 2.45) is 0 Å². The number of methoxy groups -OCH3 is 1. The molecule has 0 aromatic heterocycles. The minimum absolute atomic E-state index is 0.228. The number of rotatable bonds is 3. The van der Waals surface area contributed by atoms with Crippen molar-refractivity contribution in [3.8, 4) is 5.75 Å². The largest absolute Gasteiger partial charge is 0.494 e. The fourth-order valence-corrected chi connectivity index (χ4v) is 4.11. The van der Waals surface area contributed by atoms with E-state index in [4.69, 9.17) is 4.74 Å². The number of carbonyl (C=O) groups is 1. The molecule has 2 rings (SSSR count). The quantitative estimate of drug-likeness (QED) is 0.691. The van der Waals surface area contributed by atoms with Crippen molar-refractivity contribution in [2.75, 3.05) is 18.6 Å². The molecule has 0 bridgehead atoms. The first-order chi connectivity index (χ1) is 9.24. The summed E-state index contributed by atoms with van der Waals surface area (Å²) in [6, 6.07) is 3.34. The maximum Gasteiger partial charge on any atom is 0.307 e. The first kappa shape index (κ1) is 15.7. The van der Waals surface area contributed by atoms with Gasteiger partial charge < -0.3 is 9.64 Å². The number of amides is 1. The SMILES string of the molecule is COc1cc(Br)cc(Br)c1N1CC(S(=O)(=O)F)CC1=O. The predicted molar refractivity (Wildman–Crippen MR) is 79.2 cm³/mol. The highest BCUT2D eigenvalue weighted by Gasteiger charge is 2.40. The smallest absolute Gasteiger partial charge is 0.307 e. The molecule has 1 fully saturated rings. The summed E-state index contributed by atoms with van der Waals surface area (Å²) < 4.78 is 41.4. The lowest BCUT2D eigenvalue weighted by Gasteiger charge is -2.21. The lowest BCUT2D eigenvalue weighted by Crippen LogP contribution is -2.27. The zero-order chi connectivity index (χ0) is 15.1. The summed E-state index contributed by atoms with van der Waals surface area (Å²) in [7, 11) is -3.31. The lowest BCUT2D eigenvalue weighted by atomic mass is 10.2. The van der Waals surface area contributed by atoms with E-state index in [2.05, 4.69) is 31.9 Å². The third-order valence-corrected chi connectivity index (χ3v) is 5.15. The van der Waals surface area contributed by atoms with E-state index in [1.807, 2.05) is 0 Å². The van der Waals surface area contributed by atoms with Crippen LogP contribution in [0.3, 0.4) is 0 Å². The van der Waals surface area contributed by atoms with Crippen molar-refractivity contribution in [1.29, 1.82) is 0 Å². The van der Waals surface area contributed by atoms with Gasteiger partial charge in [-0.05, 0) is 28.1 Å². The van der Waals surface area contributed by atoms with E-state index in [1.54, 1.807) is 12.1 Å². The van der Waals surface area contributed by atoms with Crippen LogP contribution in [0.2, 0.25) is 0 Å². The molecule has 20 heavy (non-hydrogen) atoms. The van der Waals surface area contributed by atoms with Gasteiger partial charge in [-0.2, -0.15) is 8.42 Å². The second kappa shape index (κ2) is 5.61. The monoisotopic (exact) mass is 429 g/mol. The van der Waals surface area contributed by atoms with Gasteiger partial charge in [-0.1, -0.05) is 15.9 Å². The van der Waals surface area contributed by atoms with Crippen LogP contribution in [-0.4, -0.2) is 33.2 Å². The number of hydrogen-bond acceptors (Lipinski definition) is 4. The third-order valence-electron chi connectivity index (χ3n) is 2.97. The van der Waals surface area contributed by atoms with Crippen LogP contribution >= 0.6 is 31.9 Å². The van der Waals surface area contributed by atoms with Gasteiger partial charge in [0.05, 0.1) is 7.11 Å². The molecule has 1 aromatic rings. The molecule has 1 aliphatic heterocycles. The van der Waals surface area contributed by atoms with E-state index in [0.717, 1.165) is 4.47 Å². The summed E-state index contributed by atoms with van der Waals surface area (Å²) in [6.07, 6.45) is -0.371. The predicted octanol–water partition coefficient (Wildman–Crippen LogP) is 2.62. The number of benzene rings is 1. The fourth-order valence-electron chi connectivity index (χ4n) is 2.04. The Hall–Kier alpha value is -0.670. The summed E-state index contributed by atoms with van der Waals surface area (Å²) in [5.74, 6) is -0.0750. The van der Waals surface area contributed by atoms with Gasteiger partial charge in [0, 0.05) is 21.9 Å². The summed E-state index contributed by atoms with van der Waals surface area (Å²) >= 11 is 6.59. The van der Waals surface area contributed by atoms with Gasteiger partial charge in [0.1, 0.15) is 16.7 Å². The number of halogens is 3. The molecule has 0 radical (unpaired) electrons. The van der Waals surface area contributed by atoms with Crippen LogP contribution in [-0.2, 0) is 15.0 Å². The summed E-state index contributed by atoms with van der Waals surface area (Å²) in [6.45, 7) is -0.228. The number of nitrogens with zero attached hydrogens (tertiary/aromatic N) is 1. The summed E-state index contributed by atoms with van der Waals surface area (Å²) in [4.78, 5) is 13.2. The number of carbonyl (C=O) groups excluding carboxylic acids is 1. The molecule has 0 saturated carbocycles. The van der Waals surface area contributed by atoms with Gasteiger partial charge in [0.25, 0.3) is 0 Å². The molecule has 1 atom stereocenters. The van der Waals surface area contributed by atoms with Crippen LogP contribution in [0, 0.1) is 0 Å². The van der Waals surface area contributed by atoms with E-state index in [0.29, 0.717) is 15.9 Å². The first-order valence-electron chi connectivity index (χ1n) is 5.51. The molecule has 110 valence electrons. The van der Waals surface area contributed by atoms with Gasteiger partial charge in [0.15, 0.2) is 0 Å². The Bertz CT molecular complexity index is 665. The highest BCUT2D eigenvalue weighted by molar-refractivity contribution is 9.11. The van der Waals surface area contributed by atoms with E-state index in [-0.39, 0.29) is 13.0 Å². The van der Waals surface area contributed by atoms with Crippen molar-refractivity contribution < 1.29 is 21.8 Å². The maximum absolute atomic E-state index is 13.0. The average molecular weight is 431 g/mol. The van der Waals surface area contributed by atoms with Crippen LogP contribution in [0.1, 0.15) is 6.42 Å². The summed E-state index contributed by atoms with van der Waals surface area (Å²) in [5.41, 5.74) is 0.395. The Morgan fingerprint density at radius 3 is 2.55 bits per heavy atom. The van der Waals surface area contributed by atoms with Crippen LogP contribution in [0.25, 0.3) is 0 Å². The zero-order valence-electron chi connectivity index (χ0n) is 10.3. The second-order valence-electron chi connectivity index (χ2n) is 4.24. The normalized spacial score (nSPS) is 19.5. The van der Waals surface area contributed by atoms with E-state index < -0.39 is 21.4 Å². The minimum Gasteiger partial charge on any atom is -0.494 e. The molecular formula is C11H10Br2FNO4S. The Morgan fingerprint density at radius 2 is 2.05 bits per heavy atom. The second-order valence-corrected chi connectivity index (χ2v) is 7.63. The van der Waals surface area contributed by atoms with Crippen LogP contribution in [0.15, 0.2) is 21.1 Å². The van der Waals surface area contributed by atoms with Crippen LogP contribution < -0.4 is 9.64 Å². The van der Waals surface area contributed by atoms with Gasteiger partial charge in [0.2, 0.25) is 5.91 Å². The minimum atomic E-state index is -4.74. The number of ether oxygens (including phenoxy) is 1. The molecule has 9 heteroatoms. The Balaban J connectivity index is 2.45. The van der Waals surface area contributed by atoms with Crippen molar-refractivity contribution in [1.82, 2.24) is 0 Å². The highest BCUT2D eigenvalue weighted by atomic mass is 79.9. The average Bonchev–Trinajstić information content (AvgIpc) is 2.70. The lowest BCUT2D eigenvalue weighted by molar-refractivity contribution is -0.117. The van der Waals surface area contributed by atoms with Crippen molar-refractivity contribution in [3.63, 3.8) is 0 Å². The van der Waals surface area contributed by atoms with Crippen LogP contribution in [0.4, 0.5) is 9.57 Å². The maximum atomic E-state index is 13.0. The Morgan fingerprint density at radius 1 is 1.40 bits per heavy atom. The topological polar surface area (TPSA) is 63.7 Å². The Labute approximate surface area is 132 Å². The molecule has 1 aliphatic rings.